The summed E-state index contributed by atoms with van der Waals surface area (Å²) in [5.41, 5.74) is -1.83. The molecule has 4 heteroatoms. The van der Waals surface area contributed by atoms with Gasteiger partial charge < -0.3 is 15.3 Å². The zero-order valence-corrected chi connectivity index (χ0v) is 18.5. The smallest absolute Gasteiger partial charge is 0.189 e. The number of aliphatic hydroxyl groups excluding tert-OH is 2. The zero-order valence-electron chi connectivity index (χ0n) is 18.5. The normalized spacial score (nSPS) is 24.6. The maximum atomic E-state index is 11.9. The van der Waals surface area contributed by atoms with Crippen LogP contribution in [0, 0.1) is 0 Å². The summed E-state index contributed by atoms with van der Waals surface area (Å²) in [6, 6.07) is 0. The molecular formula is C25H44O4. The van der Waals surface area contributed by atoms with E-state index in [1.54, 1.807) is 0 Å². The van der Waals surface area contributed by atoms with Gasteiger partial charge in [0.25, 0.3) is 0 Å². The number of carbonyl (C=O) groups excluding carboxylic acids is 1. The van der Waals surface area contributed by atoms with Gasteiger partial charge in [-0.2, -0.15) is 0 Å². The van der Waals surface area contributed by atoms with E-state index in [1.165, 1.54) is 76.4 Å². The number of hydrogen-bond donors (Lipinski definition) is 3. The predicted molar refractivity (Wildman–Crippen MR) is 120 cm³/mol. The minimum Gasteiger partial charge on any atom is -0.387 e. The lowest BCUT2D eigenvalue weighted by molar-refractivity contribution is -0.158. The average Bonchev–Trinajstić information content (AvgIpc) is 2.72. The van der Waals surface area contributed by atoms with E-state index in [9.17, 15) is 20.1 Å². The molecule has 0 saturated heterocycles. The van der Waals surface area contributed by atoms with Crippen molar-refractivity contribution in [2.45, 2.75) is 127 Å². The molecular weight excluding hydrogens is 364 g/mol. The maximum absolute atomic E-state index is 11.9. The summed E-state index contributed by atoms with van der Waals surface area (Å²) >= 11 is 0. The lowest BCUT2D eigenvalue weighted by Gasteiger charge is -2.35. The van der Waals surface area contributed by atoms with E-state index in [1.807, 2.05) is 0 Å². The Hall–Kier alpha value is -0.970. The number of carbonyl (C=O) groups is 1. The molecule has 4 nitrogen and oxygen atoms in total. The molecule has 0 bridgehead atoms. The SMILES string of the molecule is CCCCCCCCCC/C=C\CCCCCCC[C@]1(O)C(=O)C=C[C@H](O)[C@H]1O. The third-order valence-electron chi connectivity index (χ3n) is 6.00. The molecule has 0 aromatic rings. The molecule has 1 rings (SSSR count). The van der Waals surface area contributed by atoms with Gasteiger partial charge in [0.05, 0.1) is 0 Å². The molecule has 0 radical (unpaired) electrons. The Morgan fingerprint density at radius 3 is 1.86 bits per heavy atom. The van der Waals surface area contributed by atoms with Crippen LogP contribution in [0.3, 0.4) is 0 Å². The van der Waals surface area contributed by atoms with Crippen LogP contribution in [0.2, 0.25) is 0 Å². The lowest BCUT2D eigenvalue weighted by Crippen LogP contribution is -2.56. The van der Waals surface area contributed by atoms with Crippen LogP contribution in [0.25, 0.3) is 0 Å². The van der Waals surface area contributed by atoms with Crippen molar-refractivity contribution >= 4 is 5.78 Å². The Bertz CT molecular complexity index is 485. The molecule has 0 aromatic heterocycles. The predicted octanol–water partition coefficient (Wildman–Crippen LogP) is 5.40. The second-order valence-corrected chi connectivity index (χ2v) is 8.62. The maximum Gasteiger partial charge on any atom is 0.189 e. The standard InChI is InChI=1S/C25H44O4/c1-2-3-4-5-6-7-8-9-10-11-12-13-14-15-16-17-18-21-25(29)23(27)20-19-22(26)24(25)28/h11-12,19-20,22,24,26,28-29H,2-10,13-18,21H2,1H3/b12-11-/t22-,24+,25-/m0/s1. The number of aliphatic hydroxyl groups is 3. The molecule has 0 unspecified atom stereocenters. The van der Waals surface area contributed by atoms with Gasteiger partial charge in [-0.1, -0.05) is 89.7 Å². The summed E-state index contributed by atoms with van der Waals surface area (Å²) in [5.74, 6) is -0.503. The van der Waals surface area contributed by atoms with E-state index in [0.717, 1.165) is 25.7 Å². The van der Waals surface area contributed by atoms with Crippen LogP contribution in [-0.4, -0.2) is 38.9 Å². The van der Waals surface area contributed by atoms with Crippen LogP contribution < -0.4 is 0 Å². The summed E-state index contributed by atoms with van der Waals surface area (Å²) in [7, 11) is 0. The topological polar surface area (TPSA) is 77.8 Å². The van der Waals surface area contributed by atoms with Crippen molar-refractivity contribution in [2.24, 2.45) is 0 Å². The van der Waals surface area contributed by atoms with Gasteiger partial charge in [-0.15, -0.1) is 0 Å². The second kappa shape index (κ2) is 15.8. The fourth-order valence-corrected chi connectivity index (χ4v) is 3.95. The second-order valence-electron chi connectivity index (χ2n) is 8.62. The van der Waals surface area contributed by atoms with Crippen molar-refractivity contribution in [1.82, 2.24) is 0 Å². The van der Waals surface area contributed by atoms with Gasteiger partial charge in [0, 0.05) is 0 Å². The molecule has 3 atom stereocenters. The fraction of sp³-hybridized carbons (Fsp3) is 0.800. The number of allylic oxidation sites excluding steroid dienone is 2. The van der Waals surface area contributed by atoms with E-state index in [0.29, 0.717) is 6.42 Å². The van der Waals surface area contributed by atoms with Crippen molar-refractivity contribution in [1.29, 1.82) is 0 Å². The molecule has 0 saturated carbocycles. The summed E-state index contributed by atoms with van der Waals surface area (Å²) in [6.07, 6.45) is 22.9. The summed E-state index contributed by atoms with van der Waals surface area (Å²) < 4.78 is 0. The van der Waals surface area contributed by atoms with Gasteiger partial charge in [0.15, 0.2) is 11.4 Å². The molecule has 0 spiro atoms. The molecule has 29 heavy (non-hydrogen) atoms. The van der Waals surface area contributed by atoms with Gasteiger partial charge in [0.2, 0.25) is 0 Å². The number of ketones is 1. The minimum atomic E-state index is -1.83. The Morgan fingerprint density at radius 2 is 1.31 bits per heavy atom. The highest BCUT2D eigenvalue weighted by molar-refractivity contribution is 5.98. The minimum absolute atomic E-state index is 0.201. The number of hydrogen-bond acceptors (Lipinski definition) is 4. The van der Waals surface area contributed by atoms with E-state index in [2.05, 4.69) is 19.1 Å². The molecule has 168 valence electrons. The van der Waals surface area contributed by atoms with Gasteiger partial charge >= 0.3 is 0 Å². The van der Waals surface area contributed by atoms with Crippen LogP contribution in [0.4, 0.5) is 0 Å². The molecule has 1 aliphatic carbocycles. The summed E-state index contributed by atoms with van der Waals surface area (Å²) in [4.78, 5) is 11.9. The highest BCUT2D eigenvalue weighted by Crippen LogP contribution is 2.27. The number of unbranched alkanes of at least 4 members (excludes halogenated alkanes) is 13. The Kier molecular flexibility index (Phi) is 14.2. The van der Waals surface area contributed by atoms with E-state index in [4.69, 9.17) is 0 Å². The van der Waals surface area contributed by atoms with Crippen molar-refractivity contribution in [3.8, 4) is 0 Å². The van der Waals surface area contributed by atoms with Gasteiger partial charge in [-0.25, -0.2) is 0 Å². The molecule has 0 fully saturated rings. The molecule has 0 amide bonds. The van der Waals surface area contributed by atoms with Crippen molar-refractivity contribution in [3.05, 3.63) is 24.3 Å². The first-order valence-corrected chi connectivity index (χ1v) is 12.0. The molecule has 3 N–H and O–H groups in total. The molecule has 0 heterocycles. The molecule has 0 aromatic carbocycles. The first-order valence-electron chi connectivity index (χ1n) is 12.0. The lowest BCUT2D eigenvalue weighted by atomic mass is 9.80. The van der Waals surface area contributed by atoms with Crippen LogP contribution in [0.15, 0.2) is 24.3 Å². The Morgan fingerprint density at radius 1 is 0.828 bits per heavy atom. The van der Waals surface area contributed by atoms with Crippen molar-refractivity contribution in [2.75, 3.05) is 0 Å². The van der Waals surface area contributed by atoms with Crippen molar-refractivity contribution < 1.29 is 20.1 Å². The van der Waals surface area contributed by atoms with Gasteiger partial charge in [-0.3, -0.25) is 4.79 Å². The highest BCUT2D eigenvalue weighted by atomic mass is 16.4. The first kappa shape index (κ1) is 26.1. The summed E-state index contributed by atoms with van der Waals surface area (Å²) in [5, 5.41) is 29.9. The van der Waals surface area contributed by atoms with Crippen LogP contribution >= 0.6 is 0 Å². The quantitative estimate of drug-likeness (QED) is 0.222. The fourth-order valence-electron chi connectivity index (χ4n) is 3.95. The van der Waals surface area contributed by atoms with Crippen LogP contribution in [0.1, 0.15) is 110 Å². The van der Waals surface area contributed by atoms with Crippen LogP contribution in [0.5, 0.6) is 0 Å². The monoisotopic (exact) mass is 408 g/mol. The van der Waals surface area contributed by atoms with E-state index < -0.39 is 23.6 Å². The largest absolute Gasteiger partial charge is 0.387 e. The molecule has 1 aliphatic rings. The first-order chi connectivity index (χ1) is 14.0. The third-order valence-corrected chi connectivity index (χ3v) is 6.00. The zero-order chi connectivity index (χ0) is 21.4. The van der Waals surface area contributed by atoms with Gasteiger partial charge in [0.1, 0.15) is 12.2 Å². The summed E-state index contributed by atoms with van der Waals surface area (Å²) in [6.45, 7) is 2.26. The van der Waals surface area contributed by atoms with Crippen molar-refractivity contribution in [3.63, 3.8) is 0 Å². The Balaban J connectivity index is 1.93. The van der Waals surface area contributed by atoms with Gasteiger partial charge in [-0.05, 0) is 44.3 Å². The van der Waals surface area contributed by atoms with Crippen LogP contribution in [-0.2, 0) is 4.79 Å². The number of rotatable bonds is 17. The third kappa shape index (κ3) is 10.6. The average molecular weight is 409 g/mol. The highest BCUT2D eigenvalue weighted by Gasteiger charge is 2.46. The van der Waals surface area contributed by atoms with E-state index in [-0.39, 0.29) is 6.42 Å². The Labute approximate surface area is 178 Å². The van der Waals surface area contributed by atoms with E-state index >= 15 is 0 Å². The molecule has 0 aliphatic heterocycles.